The van der Waals surface area contributed by atoms with Crippen LogP contribution in [0.25, 0.3) is 0 Å². The predicted molar refractivity (Wildman–Crippen MR) is 98.8 cm³/mol. The average molecular weight is 408 g/mol. The lowest BCUT2D eigenvalue weighted by atomic mass is 9.81. The number of halogens is 2. The van der Waals surface area contributed by atoms with Gasteiger partial charge in [0.2, 0.25) is 0 Å². The van der Waals surface area contributed by atoms with Gasteiger partial charge in [-0.2, -0.15) is 0 Å². The van der Waals surface area contributed by atoms with Crippen molar-refractivity contribution in [1.29, 1.82) is 0 Å². The highest BCUT2D eigenvalue weighted by molar-refractivity contribution is 6.18. The highest BCUT2D eigenvalue weighted by atomic mass is 19.1. The highest BCUT2D eigenvalue weighted by Crippen LogP contribution is 2.44. The van der Waals surface area contributed by atoms with Crippen LogP contribution in [-0.2, 0) is 14.4 Å². The van der Waals surface area contributed by atoms with Gasteiger partial charge in [0.15, 0.2) is 5.78 Å². The first-order valence-electron chi connectivity index (χ1n) is 9.48. The molecule has 2 aliphatic carbocycles. The molecule has 3 N–H and O–H groups in total. The zero-order valence-corrected chi connectivity index (χ0v) is 15.8. The molecule has 2 heterocycles. The van der Waals surface area contributed by atoms with Crippen LogP contribution >= 0.6 is 0 Å². The molecule has 0 radical (unpaired) electrons. The number of hydrogen-bond donors (Lipinski definition) is 2. The Morgan fingerprint density at radius 3 is 2.69 bits per heavy atom. The summed E-state index contributed by atoms with van der Waals surface area (Å²) in [6.45, 7) is 0.420. The molecule has 4 rings (SSSR count). The number of ketones is 1. The lowest BCUT2D eigenvalue weighted by Gasteiger charge is -2.42. The van der Waals surface area contributed by atoms with Gasteiger partial charge in [-0.1, -0.05) is 5.16 Å². The molecule has 0 aromatic carbocycles. The number of fused-ring (bicyclic) bond motifs is 1. The van der Waals surface area contributed by atoms with Gasteiger partial charge < -0.3 is 25.5 Å². The van der Waals surface area contributed by atoms with E-state index >= 15 is 4.39 Å². The number of piperidine rings is 1. The van der Waals surface area contributed by atoms with Crippen molar-refractivity contribution >= 4 is 17.5 Å². The van der Waals surface area contributed by atoms with Crippen molar-refractivity contribution in [2.75, 3.05) is 20.2 Å². The summed E-state index contributed by atoms with van der Waals surface area (Å²) in [5.41, 5.74) is 5.79. The van der Waals surface area contributed by atoms with Crippen LogP contribution in [0.1, 0.15) is 19.3 Å². The SMILES string of the molecule is CON=C1CN(C2=C(F)C3C(C=C2F)C(=O)C(C(=O)O)=CN3C2CC2)CCC1N. The third-order valence-corrected chi connectivity index (χ3v) is 5.76. The Bertz CT molecular complexity index is 877. The highest BCUT2D eigenvalue weighted by Gasteiger charge is 2.50. The van der Waals surface area contributed by atoms with E-state index in [2.05, 4.69) is 5.16 Å². The number of nitrogens with zero attached hydrogens (tertiary/aromatic N) is 3. The Morgan fingerprint density at radius 1 is 1.34 bits per heavy atom. The van der Waals surface area contributed by atoms with Crippen LogP contribution < -0.4 is 5.73 Å². The summed E-state index contributed by atoms with van der Waals surface area (Å²) in [6.07, 6.45) is 4.21. The molecule has 2 aliphatic heterocycles. The van der Waals surface area contributed by atoms with Gasteiger partial charge in [0, 0.05) is 24.8 Å². The van der Waals surface area contributed by atoms with Gasteiger partial charge in [-0.05, 0) is 25.3 Å². The van der Waals surface area contributed by atoms with Crippen molar-refractivity contribution in [1.82, 2.24) is 9.80 Å². The summed E-state index contributed by atoms with van der Waals surface area (Å²) in [5.74, 6) is -5.05. The molecule has 29 heavy (non-hydrogen) atoms. The number of carbonyl (C=O) groups is 2. The molecular weight excluding hydrogens is 386 g/mol. The van der Waals surface area contributed by atoms with Gasteiger partial charge in [-0.25, -0.2) is 13.6 Å². The molecule has 8 nitrogen and oxygen atoms in total. The summed E-state index contributed by atoms with van der Waals surface area (Å²) < 4.78 is 30.6. The van der Waals surface area contributed by atoms with Gasteiger partial charge in [-0.3, -0.25) is 4.79 Å². The third-order valence-electron chi connectivity index (χ3n) is 5.76. The van der Waals surface area contributed by atoms with Crippen molar-refractivity contribution in [3.8, 4) is 0 Å². The zero-order chi connectivity index (χ0) is 20.9. The molecule has 10 heteroatoms. The topological polar surface area (TPSA) is 108 Å². The number of allylic oxidation sites excluding steroid dienone is 1. The minimum absolute atomic E-state index is 0.0631. The molecule has 156 valence electrons. The number of carbonyl (C=O) groups excluding carboxylic acids is 1. The van der Waals surface area contributed by atoms with Gasteiger partial charge in [0.25, 0.3) is 0 Å². The van der Waals surface area contributed by atoms with E-state index in [4.69, 9.17) is 10.6 Å². The van der Waals surface area contributed by atoms with E-state index in [0.717, 1.165) is 18.9 Å². The number of aliphatic carboxylic acids is 1. The van der Waals surface area contributed by atoms with Crippen LogP contribution in [-0.4, -0.2) is 70.7 Å². The maximum absolute atomic E-state index is 15.7. The number of rotatable bonds is 4. The number of nitrogens with two attached hydrogens (primary N) is 1. The maximum Gasteiger partial charge on any atom is 0.340 e. The molecule has 0 aromatic heterocycles. The maximum atomic E-state index is 15.7. The van der Waals surface area contributed by atoms with Crippen LogP contribution in [0.2, 0.25) is 0 Å². The Labute approximate surface area is 165 Å². The Hall–Kier alpha value is -2.75. The van der Waals surface area contributed by atoms with E-state index in [0.29, 0.717) is 18.7 Å². The van der Waals surface area contributed by atoms with E-state index in [1.165, 1.54) is 18.2 Å². The fraction of sp³-hybridized carbons (Fsp3) is 0.526. The van der Waals surface area contributed by atoms with E-state index in [1.807, 2.05) is 0 Å². The second kappa shape index (κ2) is 7.25. The molecule has 0 spiro atoms. The molecule has 1 saturated carbocycles. The molecule has 0 amide bonds. The number of oxime groups is 1. The number of Topliss-reactive ketones (excluding diaryl/α,β-unsaturated/α-hetero) is 1. The Balaban J connectivity index is 1.73. The molecule has 4 aliphatic rings. The first-order valence-corrected chi connectivity index (χ1v) is 9.48. The van der Waals surface area contributed by atoms with Crippen LogP contribution in [0, 0.1) is 5.92 Å². The fourth-order valence-electron chi connectivity index (χ4n) is 4.17. The van der Waals surface area contributed by atoms with E-state index in [1.54, 1.807) is 4.90 Å². The summed E-state index contributed by atoms with van der Waals surface area (Å²) in [7, 11) is 1.37. The third kappa shape index (κ3) is 3.31. The number of carboxylic acid groups (broad SMARTS) is 1. The molecule has 0 bridgehead atoms. The second-order valence-electron chi connectivity index (χ2n) is 7.65. The number of carboxylic acids is 1. The van der Waals surface area contributed by atoms with Crippen LogP contribution in [0.3, 0.4) is 0 Å². The predicted octanol–water partition coefficient (Wildman–Crippen LogP) is 1.07. The van der Waals surface area contributed by atoms with Crippen LogP contribution in [0.15, 0.2) is 40.4 Å². The Kier molecular flexibility index (Phi) is 4.89. The van der Waals surface area contributed by atoms with Gasteiger partial charge >= 0.3 is 5.97 Å². The summed E-state index contributed by atoms with van der Waals surface area (Å²) >= 11 is 0. The first-order chi connectivity index (χ1) is 13.8. The minimum atomic E-state index is -1.39. The molecule has 2 fully saturated rings. The number of likely N-dealkylation sites (tertiary alicyclic amines) is 1. The van der Waals surface area contributed by atoms with Crippen LogP contribution in [0.5, 0.6) is 0 Å². The van der Waals surface area contributed by atoms with E-state index in [9.17, 15) is 19.1 Å². The monoisotopic (exact) mass is 408 g/mol. The van der Waals surface area contributed by atoms with Gasteiger partial charge in [-0.15, -0.1) is 0 Å². The molecule has 0 aromatic rings. The smallest absolute Gasteiger partial charge is 0.340 e. The Morgan fingerprint density at radius 2 is 2.07 bits per heavy atom. The minimum Gasteiger partial charge on any atom is -0.478 e. The van der Waals surface area contributed by atoms with Crippen molar-refractivity contribution in [3.63, 3.8) is 0 Å². The van der Waals surface area contributed by atoms with Crippen molar-refractivity contribution < 1.29 is 28.3 Å². The quantitative estimate of drug-likeness (QED) is 0.529. The van der Waals surface area contributed by atoms with E-state index in [-0.39, 0.29) is 24.3 Å². The summed E-state index contributed by atoms with van der Waals surface area (Å²) in [6, 6.07) is -1.48. The summed E-state index contributed by atoms with van der Waals surface area (Å²) in [4.78, 5) is 31.9. The summed E-state index contributed by atoms with van der Waals surface area (Å²) in [5, 5.41) is 13.2. The van der Waals surface area contributed by atoms with Gasteiger partial charge in [0.05, 0.1) is 24.2 Å². The molecular formula is C19H22F2N4O4. The average Bonchev–Trinajstić information content (AvgIpc) is 3.50. The zero-order valence-electron chi connectivity index (χ0n) is 15.8. The number of hydrogen-bond acceptors (Lipinski definition) is 7. The molecule has 3 unspecified atom stereocenters. The normalized spacial score (nSPS) is 31.5. The molecule has 3 atom stereocenters. The van der Waals surface area contributed by atoms with Crippen molar-refractivity contribution in [3.05, 3.63) is 35.2 Å². The molecule has 1 saturated heterocycles. The standard InChI is InChI=1S/C19H22F2N4O4/c1-29-23-14-8-24(5-4-13(14)22)17-12(20)6-10-16(15(17)21)25(9-2-3-9)7-11(18(10)26)19(27)28/h6-7,9-10,13,16H,2-5,8,22H2,1H3,(H,27,28). The van der Waals surface area contributed by atoms with Crippen molar-refractivity contribution in [2.24, 2.45) is 16.8 Å². The van der Waals surface area contributed by atoms with Crippen molar-refractivity contribution in [2.45, 2.75) is 37.4 Å². The van der Waals surface area contributed by atoms with Gasteiger partial charge in [0.1, 0.15) is 30.0 Å². The lowest BCUT2D eigenvalue weighted by molar-refractivity contribution is -0.136. The van der Waals surface area contributed by atoms with Crippen LogP contribution in [0.4, 0.5) is 8.78 Å². The second-order valence-corrected chi connectivity index (χ2v) is 7.65. The fourth-order valence-corrected chi connectivity index (χ4v) is 4.17. The largest absolute Gasteiger partial charge is 0.478 e. The first kappa shape index (κ1) is 19.6. The van der Waals surface area contributed by atoms with E-state index < -0.39 is 40.9 Å². The lowest BCUT2D eigenvalue weighted by Crippen LogP contribution is -2.52.